The van der Waals surface area contributed by atoms with E-state index in [1.807, 2.05) is 45.2 Å². The van der Waals surface area contributed by atoms with Crippen LogP contribution in [0.4, 0.5) is 0 Å². The summed E-state index contributed by atoms with van der Waals surface area (Å²) in [4.78, 5) is 14.1. The molecule has 1 aromatic carbocycles. The fourth-order valence-corrected chi connectivity index (χ4v) is 1.85. The van der Waals surface area contributed by atoms with Gasteiger partial charge in [0.15, 0.2) is 0 Å². The third kappa shape index (κ3) is 3.81. The van der Waals surface area contributed by atoms with Crippen molar-refractivity contribution in [3.63, 3.8) is 0 Å². The molecule has 4 heteroatoms. The second kappa shape index (κ2) is 6.50. The molecule has 0 aliphatic heterocycles. The van der Waals surface area contributed by atoms with Crippen molar-refractivity contribution in [2.75, 3.05) is 7.05 Å². The molecule has 0 heterocycles. The van der Waals surface area contributed by atoms with Crippen molar-refractivity contribution < 1.29 is 4.79 Å². The van der Waals surface area contributed by atoms with E-state index in [-0.39, 0.29) is 11.8 Å². The Hall–Kier alpha value is -1.42. The molecule has 0 saturated heterocycles. The fourth-order valence-electron chi connectivity index (χ4n) is 1.73. The van der Waals surface area contributed by atoms with Gasteiger partial charge in [-0.1, -0.05) is 44.3 Å². The summed E-state index contributed by atoms with van der Waals surface area (Å²) in [5.74, 6) is 0.229. The van der Waals surface area contributed by atoms with Crippen LogP contribution in [-0.2, 0) is 11.3 Å². The zero-order valence-corrected chi connectivity index (χ0v) is 12.0. The molecule has 0 bridgehead atoms. The molecule has 2 N–H and O–H groups in total. The van der Waals surface area contributed by atoms with Gasteiger partial charge in [-0.05, 0) is 18.1 Å². The minimum absolute atomic E-state index is 0.0637. The van der Waals surface area contributed by atoms with Gasteiger partial charge < -0.3 is 10.6 Å². The minimum atomic E-state index is 0.0637. The summed E-state index contributed by atoms with van der Waals surface area (Å²) in [6.45, 7) is 4.55. The van der Waals surface area contributed by atoms with E-state index in [1.165, 1.54) is 0 Å². The maximum atomic E-state index is 12.0. The number of hydrogen-bond donors (Lipinski definition) is 1. The van der Waals surface area contributed by atoms with Crippen molar-refractivity contribution in [3.8, 4) is 0 Å². The monoisotopic (exact) mass is 264 g/mol. The molecule has 1 aromatic rings. The first-order valence-corrected chi connectivity index (χ1v) is 6.50. The van der Waals surface area contributed by atoms with Crippen molar-refractivity contribution in [1.29, 1.82) is 0 Å². The Labute approximate surface area is 114 Å². The normalized spacial score (nSPS) is 11.9. The van der Waals surface area contributed by atoms with E-state index in [1.54, 1.807) is 4.90 Å². The summed E-state index contributed by atoms with van der Waals surface area (Å²) in [5.41, 5.74) is 7.47. The summed E-state index contributed by atoms with van der Waals surface area (Å²) in [7, 11) is 1.82. The van der Waals surface area contributed by atoms with Crippen LogP contribution in [0.1, 0.15) is 31.4 Å². The van der Waals surface area contributed by atoms with Crippen LogP contribution in [-0.4, -0.2) is 22.8 Å². The zero-order valence-electron chi connectivity index (χ0n) is 11.1. The zero-order chi connectivity index (χ0) is 13.7. The lowest BCUT2D eigenvalue weighted by molar-refractivity contribution is -0.134. The Bertz CT molecular complexity index is 445. The van der Waals surface area contributed by atoms with Gasteiger partial charge in [-0.2, -0.15) is 0 Å². The molecule has 3 nitrogen and oxygen atoms in total. The molecule has 18 heavy (non-hydrogen) atoms. The van der Waals surface area contributed by atoms with E-state index in [0.717, 1.165) is 17.5 Å². The highest BCUT2D eigenvalue weighted by molar-refractivity contribution is 7.80. The van der Waals surface area contributed by atoms with E-state index >= 15 is 0 Å². The second-order valence-corrected chi connectivity index (χ2v) is 5.01. The van der Waals surface area contributed by atoms with E-state index < -0.39 is 0 Å². The molecular formula is C14H20N2OS. The van der Waals surface area contributed by atoms with E-state index in [0.29, 0.717) is 11.5 Å². The number of amides is 1. The minimum Gasteiger partial charge on any atom is -0.389 e. The molecule has 0 aliphatic carbocycles. The standard InChI is InChI=1S/C14H20N2OS/c1-4-10(2)14(17)16(3)9-11-6-5-7-12(8-11)13(15)18/h5-8,10H,4,9H2,1-3H3,(H2,15,18). The number of thiocarbonyl (C=S) groups is 1. The fraction of sp³-hybridized carbons (Fsp3) is 0.429. The van der Waals surface area contributed by atoms with Crippen molar-refractivity contribution >= 4 is 23.1 Å². The summed E-state index contributed by atoms with van der Waals surface area (Å²) in [5, 5.41) is 0. The average molecular weight is 264 g/mol. The molecule has 0 radical (unpaired) electrons. The highest BCUT2D eigenvalue weighted by Crippen LogP contribution is 2.11. The lowest BCUT2D eigenvalue weighted by Gasteiger charge is -2.21. The number of rotatable bonds is 5. The lowest BCUT2D eigenvalue weighted by Crippen LogP contribution is -2.31. The smallest absolute Gasteiger partial charge is 0.225 e. The molecule has 0 saturated carbocycles. The molecule has 1 rings (SSSR count). The van der Waals surface area contributed by atoms with Gasteiger partial charge in [0.2, 0.25) is 5.91 Å². The second-order valence-electron chi connectivity index (χ2n) is 4.57. The van der Waals surface area contributed by atoms with Gasteiger partial charge in [0, 0.05) is 25.1 Å². The van der Waals surface area contributed by atoms with Gasteiger partial charge in [-0.15, -0.1) is 0 Å². The SMILES string of the molecule is CCC(C)C(=O)N(C)Cc1cccc(C(N)=S)c1. The van der Waals surface area contributed by atoms with Crippen LogP contribution >= 0.6 is 12.2 Å². The number of nitrogens with zero attached hydrogens (tertiary/aromatic N) is 1. The van der Waals surface area contributed by atoms with E-state index in [4.69, 9.17) is 18.0 Å². The van der Waals surface area contributed by atoms with Gasteiger partial charge in [-0.25, -0.2) is 0 Å². The number of carbonyl (C=O) groups excluding carboxylic acids is 1. The number of hydrogen-bond acceptors (Lipinski definition) is 2. The molecular weight excluding hydrogens is 244 g/mol. The van der Waals surface area contributed by atoms with Gasteiger partial charge in [0.05, 0.1) is 0 Å². The van der Waals surface area contributed by atoms with Crippen LogP contribution in [0, 0.1) is 5.92 Å². The summed E-state index contributed by atoms with van der Waals surface area (Å²) in [6, 6.07) is 7.69. The van der Waals surface area contributed by atoms with Crippen molar-refractivity contribution in [2.24, 2.45) is 11.7 Å². The Morgan fingerprint density at radius 3 is 2.72 bits per heavy atom. The number of benzene rings is 1. The van der Waals surface area contributed by atoms with Crippen LogP contribution in [0.25, 0.3) is 0 Å². The number of carbonyl (C=O) groups is 1. The molecule has 98 valence electrons. The number of nitrogens with two attached hydrogens (primary N) is 1. The van der Waals surface area contributed by atoms with Crippen LogP contribution in [0.3, 0.4) is 0 Å². The molecule has 0 fully saturated rings. The van der Waals surface area contributed by atoms with E-state index in [2.05, 4.69) is 0 Å². The Balaban J connectivity index is 2.75. The Morgan fingerprint density at radius 1 is 1.50 bits per heavy atom. The molecule has 0 aliphatic rings. The van der Waals surface area contributed by atoms with Gasteiger partial charge in [0.25, 0.3) is 0 Å². The van der Waals surface area contributed by atoms with E-state index in [9.17, 15) is 4.79 Å². The Kier molecular flexibility index (Phi) is 5.28. The van der Waals surface area contributed by atoms with Gasteiger partial charge in [0.1, 0.15) is 4.99 Å². The third-order valence-corrected chi connectivity index (χ3v) is 3.28. The maximum Gasteiger partial charge on any atom is 0.225 e. The van der Waals surface area contributed by atoms with Crippen LogP contribution < -0.4 is 5.73 Å². The first-order valence-electron chi connectivity index (χ1n) is 6.09. The summed E-state index contributed by atoms with van der Waals surface area (Å²) < 4.78 is 0. The third-order valence-electron chi connectivity index (χ3n) is 3.04. The predicted molar refractivity (Wildman–Crippen MR) is 78.3 cm³/mol. The first-order chi connectivity index (χ1) is 8.45. The largest absolute Gasteiger partial charge is 0.389 e. The quantitative estimate of drug-likeness (QED) is 0.830. The highest BCUT2D eigenvalue weighted by atomic mass is 32.1. The molecule has 0 spiro atoms. The predicted octanol–water partition coefficient (Wildman–Crippen LogP) is 2.33. The van der Waals surface area contributed by atoms with Crippen molar-refractivity contribution in [1.82, 2.24) is 4.90 Å². The Morgan fingerprint density at radius 2 is 2.17 bits per heavy atom. The lowest BCUT2D eigenvalue weighted by atomic mass is 10.1. The summed E-state index contributed by atoms with van der Waals surface area (Å²) >= 11 is 4.94. The molecule has 1 atom stereocenters. The van der Waals surface area contributed by atoms with Crippen LogP contribution in [0.5, 0.6) is 0 Å². The maximum absolute atomic E-state index is 12.0. The molecule has 1 unspecified atom stereocenters. The first kappa shape index (κ1) is 14.6. The van der Waals surface area contributed by atoms with Gasteiger partial charge >= 0.3 is 0 Å². The summed E-state index contributed by atoms with van der Waals surface area (Å²) in [6.07, 6.45) is 0.857. The van der Waals surface area contributed by atoms with Crippen LogP contribution in [0.15, 0.2) is 24.3 Å². The topological polar surface area (TPSA) is 46.3 Å². The van der Waals surface area contributed by atoms with Crippen molar-refractivity contribution in [2.45, 2.75) is 26.8 Å². The average Bonchev–Trinajstić information content (AvgIpc) is 2.37. The van der Waals surface area contributed by atoms with Crippen molar-refractivity contribution in [3.05, 3.63) is 35.4 Å². The molecule has 1 amide bonds. The molecule has 0 aromatic heterocycles. The highest BCUT2D eigenvalue weighted by Gasteiger charge is 2.15. The van der Waals surface area contributed by atoms with Gasteiger partial charge in [-0.3, -0.25) is 4.79 Å². The van der Waals surface area contributed by atoms with Crippen LogP contribution in [0.2, 0.25) is 0 Å².